The molecule has 2 heterocycles. The molecule has 1 saturated heterocycles. The van der Waals surface area contributed by atoms with E-state index < -0.39 is 44.5 Å². The summed E-state index contributed by atoms with van der Waals surface area (Å²) in [6.45, 7) is 0. The molecule has 2 aliphatic rings. The summed E-state index contributed by atoms with van der Waals surface area (Å²) in [6, 6.07) is 6.07. The summed E-state index contributed by atoms with van der Waals surface area (Å²) in [7, 11) is -1.26. The van der Waals surface area contributed by atoms with Gasteiger partial charge in [0.2, 0.25) is 16.0 Å². The van der Waals surface area contributed by atoms with Crippen molar-refractivity contribution in [1.29, 1.82) is 5.41 Å². The number of pyridine rings is 1. The molecule has 170 valence electrons. The standard InChI is InChI=1S/C20H21F2N5O4S/c1-27-19(23)26-20(9-13(31-2)8-17(20)32(27,29)30)14-7-12(4-5-15(14)22)25-18(28)16-6-3-11(21)10-24-16/h3-7,10,13,17H,8-9H2,1-2H3,(H2,23,26)(H,25,28). The van der Waals surface area contributed by atoms with Crippen LogP contribution in [0.25, 0.3) is 0 Å². The van der Waals surface area contributed by atoms with Gasteiger partial charge in [0.15, 0.2) is 0 Å². The van der Waals surface area contributed by atoms with Crippen molar-refractivity contribution >= 4 is 27.6 Å². The minimum atomic E-state index is -3.97. The molecule has 0 spiro atoms. The highest BCUT2D eigenvalue weighted by Crippen LogP contribution is 2.48. The van der Waals surface area contributed by atoms with Gasteiger partial charge in [0.25, 0.3) is 5.91 Å². The van der Waals surface area contributed by atoms with Crippen molar-refractivity contribution < 1.29 is 26.7 Å². The molecule has 4 rings (SSSR count). The van der Waals surface area contributed by atoms with Crippen LogP contribution in [0.5, 0.6) is 0 Å². The van der Waals surface area contributed by atoms with E-state index in [4.69, 9.17) is 10.1 Å². The Morgan fingerprint density at radius 3 is 2.75 bits per heavy atom. The van der Waals surface area contributed by atoms with Gasteiger partial charge < -0.3 is 15.4 Å². The topological polar surface area (TPSA) is 124 Å². The minimum Gasteiger partial charge on any atom is -0.381 e. The van der Waals surface area contributed by atoms with Crippen LogP contribution in [0.3, 0.4) is 0 Å². The van der Waals surface area contributed by atoms with Crippen molar-refractivity contribution in [1.82, 2.24) is 14.6 Å². The summed E-state index contributed by atoms with van der Waals surface area (Å²) in [5, 5.41) is 12.5. The number of ether oxygens (including phenoxy) is 1. The highest BCUT2D eigenvalue weighted by Gasteiger charge is 2.60. The average molecular weight is 465 g/mol. The number of fused-ring (bicyclic) bond motifs is 1. The third kappa shape index (κ3) is 3.48. The van der Waals surface area contributed by atoms with Gasteiger partial charge in [-0.25, -0.2) is 26.5 Å². The monoisotopic (exact) mass is 465 g/mol. The Hall–Kier alpha value is -3.12. The molecule has 3 N–H and O–H groups in total. The van der Waals surface area contributed by atoms with Gasteiger partial charge in [0.1, 0.15) is 22.6 Å². The number of anilines is 1. The molecule has 2 aromatic rings. The largest absolute Gasteiger partial charge is 0.381 e. The maximum absolute atomic E-state index is 15.1. The third-order valence-corrected chi connectivity index (χ3v) is 8.23. The number of rotatable bonds is 4. The normalized spacial score (nSPS) is 26.4. The first kappa shape index (κ1) is 22.1. The molecule has 2 fully saturated rings. The van der Waals surface area contributed by atoms with E-state index in [0.717, 1.165) is 22.6 Å². The Morgan fingerprint density at radius 2 is 2.09 bits per heavy atom. The number of nitrogens with one attached hydrogen (secondary N) is 3. The number of aromatic nitrogens is 1. The van der Waals surface area contributed by atoms with E-state index in [0.29, 0.717) is 0 Å². The first-order valence-corrected chi connectivity index (χ1v) is 11.2. The molecule has 3 unspecified atom stereocenters. The zero-order valence-corrected chi connectivity index (χ0v) is 18.0. The minimum absolute atomic E-state index is 0.00617. The van der Waals surface area contributed by atoms with E-state index in [1.165, 1.54) is 32.4 Å². The molecule has 12 heteroatoms. The predicted octanol–water partition coefficient (Wildman–Crippen LogP) is 1.78. The molecular weight excluding hydrogens is 444 g/mol. The highest BCUT2D eigenvalue weighted by atomic mass is 32.2. The molecule has 0 radical (unpaired) electrons. The molecule has 1 aliphatic carbocycles. The molecule has 1 aromatic carbocycles. The van der Waals surface area contributed by atoms with Crippen LogP contribution in [0, 0.1) is 17.0 Å². The third-order valence-electron chi connectivity index (χ3n) is 5.97. The van der Waals surface area contributed by atoms with E-state index >= 15 is 4.39 Å². The van der Waals surface area contributed by atoms with Crippen LogP contribution in [0.1, 0.15) is 28.9 Å². The maximum Gasteiger partial charge on any atom is 0.274 e. The van der Waals surface area contributed by atoms with Gasteiger partial charge in [-0.15, -0.1) is 0 Å². The van der Waals surface area contributed by atoms with Crippen LogP contribution in [0.2, 0.25) is 0 Å². The average Bonchev–Trinajstić information content (AvgIpc) is 3.15. The van der Waals surface area contributed by atoms with Crippen LogP contribution in [-0.4, -0.2) is 55.1 Å². The number of methoxy groups -OCH3 is 1. The second kappa shape index (κ2) is 7.78. The Morgan fingerprint density at radius 1 is 1.34 bits per heavy atom. The molecule has 3 atom stereocenters. The lowest BCUT2D eigenvalue weighted by molar-refractivity contribution is 0.101. The van der Waals surface area contributed by atoms with Crippen LogP contribution < -0.4 is 10.6 Å². The van der Waals surface area contributed by atoms with Gasteiger partial charge in [0.05, 0.1) is 17.8 Å². The first-order chi connectivity index (χ1) is 15.1. The molecule has 1 amide bonds. The lowest BCUT2D eigenvalue weighted by atomic mass is 9.86. The number of guanidine groups is 1. The van der Waals surface area contributed by atoms with Crippen molar-refractivity contribution in [2.24, 2.45) is 0 Å². The fraction of sp³-hybridized carbons (Fsp3) is 0.350. The number of halogens is 2. The Balaban J connectivity index is 1.75. The summed E-state index contributed by atoms with van der Waals surface area (Å²) in [5.74, 6) is -2.32. The molecule has 1 aliphatic heterocycles. The number of amides is 1. The van der Waals surface area contributed by atoms with Gasteiger partial charge in [0, 0.05) is 31.8 Å². The van der Waals surface area contributed by atoms with Crippen molar-refractivity contribution in [3.8, 4) is 0 Å². The van der Waals surface area contributed by atoms with Crippen molar-refractivity contribution in [2.45, 2.75) is 29.7 Å². The summed E-state index contributed by atoms with van der Waals surface area (Å²) in [5.41, 5.74) is -1.32. The first-order valence-electron chi connectivity index (χ1n) is 9.68. The smallest absolute Gasteiger partial charge is 0.274 e. The van der Waals surface area contributed by atoms with Gasteiger partial charge in [-0.3, -0.25) is 10.2 Å². The molecule has 32 heavy (non-hydrogen) atoms. The van der Waals surface area contributed by atoms with Crippen LogP contribution in [0.15, 0.2) is 36.5 Å². The number of sulfonamides is 1. The van der Waals surface area contributed by atoms with Crippen LogP contribution in [-0.2, 0) is 20.3 Å². The number of nitrogens with zero attached hydrogens (tertiary/aromatic N) is 2. The Kier molecular flexibility index (Phi) is 5.37. The lowest BCUT2D eigenvalue weighted by Crippen LogP contribution is -2.65. The van der Waals surface area contributed by atoms with E-state index in [1.807, 2.05) is 0 Å². The maximum atomic E-state index is 15.1. The Labute approximate surface area is 183 Å². The zero-order chi connectivity index (χ0) is 23.3. The fourth-order valence-corrected chi connectivity index (χ4v) is 6.24. The van der Waals surface area contributed by atoms with Gasteiger partial charge in [-0.1, -0.05) is 0 Å². The molecular formula is C20H21F2N5O4S. The summed E-state index contributed by atoms with van der Waals surface area (Å²) in [4.78, 5) is 16.2. The van der Waals surface area contributed by atoms with E-state index in [-0.39, 0.29) is 35.7 Å². The van der Waals surface area contributed by atoms with Crippen molar-refractivity contribution in [2.75, 3.05) is 19.5 Å². The van der Waals surface area contributed by atoms with E-state index in [1.54, 1.807) is 0 Å². The number of hydrogen-bond acceptors (Lipinski definition) is 6. The second-order valence-electron chi connectivity index (χ2n) is 7.75. The van der Waals surface area contributed by atoms with Crippen LogP contribution >= 0.6 is 0 Å². The number of carbonyl (C=O) groups excluding carboxylic acids is 1. The molecule has 9 nitrogen and oxygen atoms in total. The van der Waals surface area contributed by atoms with E-state index in [2.05, 4.69) is 15.6 Å². The van der Waals surface area contributed by atoms with Crippen molar-refractivity contribution in [3.05, 3.63) is 59.4 Å². The second-order valence-corrected chi connectivity index (χ2v) is 9.90. The molecule has 1 aromatic heterocycles. The van der Waals surface area contributed by atoms with Crippen molar-refractivity contribution in [3.63, 3.8) is 0 Å². The molecule has 1 saturated carbocycles. The quantitative estimate of drug-likeness (QED) is 0.632. The zero-order valence-electron chi connectivity index (χ0n) is 17.2. The van der Waals surface area contributed by atoms with Gasteiger partial charge in [-0.05, 0) is 36.8 Å². The number of benzene rings is 1. The predicted molar refractivity (Wildman–Crippen MR) is 112 cm³/mol. The lowest BCUT2D eigenvalue weighted by Gasteiger charge is -2.44. The number of carbonyl (C=O) groups is 1. The summed E-state index contributed by atoms with van der Waals surface area (Å²) >= 11 is 0. The van der Waals surface area contributed by atoms with Gasteiger partial charge >= 0.3 is 0 Å². The van der Waals surface area contributed by atoms with Gasteiger partial charge in [-0.2, -0.15) is 0 Å². The molecule has 0 bridgehead atoms. The summed E-state index contributed by atoms with van der Waals surface area (Å²) < 4.78 is 60.5. The summed E-state index contributed by atoms with van der Waals surface area (Å²) in [6.07, 6.45) is 0.635. The highest BCUT2D eigenvalue weighted by molar-refractivity contribution is 7.90. The fourth-order valence-electron chi connectivity index (χ4n) is 4.31. The van der Waals surface area contributed by atoms with Crippen LogP contribution in [0.4, 0.5) is 14.5 Å². The SMILES string of the molecule is COC1CC2C(c3cc(NC(=O)c4ccc(F)cn4)ccc3F)(C1)NC(=N)N(C)S2(=O)=O. The Bertz CT molecular complexity index is 1190. The van der Waals surface area contributed by atoms with E-state index in [9.17, 15) is 17.6 Å². The number of hydrogen-bond donors (Lipinski definition) is 3.